The summed E-state index contributed by atoms with van der Waals surface area (Å²) in [5, 5.41) is 17.2. The number of aromatic nitrogens is 2. The highest BCUT2D eigenvalue weighted by Crippen LogP contribution is 2.29. The molecule has 0 spiro atoms. The van der Waals surface area contributed by atoms with Crippen molar-refractivity contribution in [1.29, 1.82) is 0 Å². The fourth-order valence-corrected chi connectivity index (χ4v) is 4.14. The number of likely N-dealkylation sites (tertiary alicyclic amines) is 1. The van der Waals surface area contributed by atoms with E-state index in [9.17, 15) is 14.7 Å². The molecule has 2 fully saturated rings. The molecular weight excluding hydrogens is 346 g/mol. The topological polar surface area (TPSA) is 90.7 Å². The van der Waals surface area contributed by atoms with Crippen molar-refractivity contribution in [2.45, 2.75) is 57.8 Å². The molecule has 2 N–H and O–H groups in total. The molecule has 1 aromatic heterocycles. The molecule has 1 saturated heterocycles. The number of hydrogen-bond donors (Lipinski definition) is 2. The largest absolute Gasteiger partial charge is 0.392 e. The average molecular weight is 375 g/mol. The molecule has 2 aliphatic heterocycles. The summed E-state index contributed by atoms with van der Waals surface area (Å²) in [6.45, 7) is 4.17. The van der Waals surface area contributed by atoms with Crippen molar-refractivity contribution in [3.05, 3.63) is 17.5 Å². The Hall–Kier alpha value is -1.93. The first-order valence-electron chi connectivity index (χ1n) is 10.1. The number of aliphatic hydroxyl groups excluding tert-OH is 1. The quantitative estimate of drug-likeness (QED) is 0.762. The van der Waals surface area contributed by atoms with Gasteiger partial charge in [-0.25, -0.2) is 0 Å². The molecule has 8 nitrogen and oxygen atoms in total. The Bertz CT molecular complexity index is 700. The zero-order valence-electron chi connectivity index (χ0n) is 15.8. The SMILES string of the molecule is O=C(CN1CCCC(O)C1)NCc1cc2n(n1)CCN(C(=O)C1CCC1)C2. The minimum atomic E-state index is -0.322. The maximum Gasteiger partial charge on any atom is 0.234 e. The number of rotatable bonds is 5. The van der Waals surface area contributed by atoms with Crippen LogP contribution in [-0.4, -0.2) is 68.8 Å². The van der Waals surface area contributed by atoms with Crippen LogP contribution in [0.3, 0.4) is 0 Å². The van der Waals surface area contributed by atoms with E-state index in [0.717, 1.165) is 43.6 Å². The molecule has 1 aromatic rings. The normalized spacial score (nSPS) is 23.6. The summed E-state index contributed by atoms with van der Waals surface area (Å²) < 4.78 is 1.95. The monoisotopic (exact) mass is 375 g/mol. The van der Waals surface area contributed by atoms with Crippen LogP contribution >= 0.6 is 0 Å². The Morgan fingerprint density at radius 3 is 2.78 bits per heavy atom. The molecule has 1 saturated carbocycles. The average Bonchev–Trinajstić information content (AvgIpc) is 3.00. The van der Waals surface area contributed by atoms with Crippen LogP contribution in [0, 0.1) is 5.92 Å². The predicted octanol–water partition coefficient (Wildman–Crippen LogP) is 0.0983. The third-order valence-electron chi connectivity index (χ3n) is 5.93. The molecule has 4 rings (SSSR count). The van der Waals surface area contributed by atoms with Crippen LogP contribution in [0.25, 0.3) is 0 Å². The smallest absolute Gasteiger partial charge is 0.234 e. The van der Waals surface area contributed by atoms with Crippen LogP contribution in [0.1, 0.15) is 43.5 Å². The van der Waals surface area contributed by atoms with Crippen molar-refractivity contribution in [3.63, 3.8) is 0 Å². The second-order valence-corrected chi connectivity index (χ2v) is 8.05. The number of β-amino-alcohol motifs (C(OH)–C–C–N with tert-alkyl or cyclic N) is 1. The number of fused-ring (bicyclic) bond motifs is 1. The fraction of sp³-hybridized carbons (Fsp3) is 0.737. The first-order chi connectivity index (χ1) is 13.1. The van der Waals surface area contributed by atoms with Gasteiger partial charge in [-0.15, -0.1) is 0 Å². The number of aliphatic hydroxyl groups is 1. The van der Waals surface area contributed by atoms with Crippen LogP contribution in [-0.2, 0) is 29.2 Å². The highest BCUT2D eigenvalue weighted by atomic mass is 16.3. The minimum absolute atomic E-state index is 0.0446. The molecule has 2 amide bonds. The summed E-state index contributed by atoms with van der Waals surface area (Å²) in [5.74, 6) is 0.468. The Morgan fingerprint density at radius 2 is 2.04 bits per heavy atom. The number of carbonyl (C=O) groups excluding carboxylic acids is 2. The van der Waals surface area contributed by atoms with Crippen LogP contribution < -0.4 is 5.32 Å². The van der Waals surface area contributed by atoms with Gasteiger partial charge in [0.2, 0.25) is 11.8 Å². The number of carbonyl (C=O) groups is 2. The molecular formula is C19H29N5O3. The molecule has 1 unspecified atom stereocenters. The number of amides is 2. The van der Waals surface area contributed by atoms with E-state index in [0.29, 0.717) is 39.3 Å². The van der Waals surface area contributed by atoms with E-state index >= 15 is 0 Å². The fourth-order valence-electron chi connectivity index (χ4n) is 4.14. The second kappa shape index (κ2) is 7.98. The first-order valence-corrected chi connectivity index (χ1v) is 10.1. The van der Waals surface area contributed by atoms with Gasteiger partial charge in [0.1, 0.15) is 0 Å². The summed E-state index contributed by atoms with van der Waals surface area (Å²) in [5.41, 5.74) is 1.87. The van der Waals surface area contributed by atoms with Crippen molar-refractivity contribution < 1.29 is 14.7 Å². The van der Waals surface area contributed by atoms with Gasteiger partial charge < -0.3 is 15.3 Å². The molecule has 8 heteroatoms. The molecule has 0 bridgehead atoms. The Balaban J connectivity index is 1.26. The van der Waals surface area contributed by atoms with Gasteiger partial charge >= 0.3 is 0 Å². The summed E-state index contributed by atoms with van der Waals surface area (Å²) in [4.78, 5) is 28.6. The van der Waals surface area contributed by atoms with Crippen molar-refractivity contribution in [3.8, 4) is 0 Å². The molecule has 0 radical (unpaired) electrons. The maximum atomic E-state index is 12.4. The van der Waals surface area contributed by atoms with E-state index in [4.69, 9.17) is 0 Å². The number of piperidine rings is 1. The van der Waals surface area contributed by atoms with Gasteiger partial charge in [-0.2, -0.15) is 5.10 Å². The molecule has 27 heavy (non-hydrogen) atoms. The summed E-state index contributed by atoms with van der Waals surface area (Å²) in [6.07, 6.45) is 4.65. The molecule has 148 valence electrons. The van der Waals surface area contributed by atoms with Gasteiger partial charge in [0, 0.05) is 19.0 Å². The van der Waals surface area contributed by atoms with Crippen molar-refractivity contribution in [2.24, 2.45) is 5.92 Å². The number of nitrogens with zero attached hydrogens (tertiary/aromatic N) is 4. The highest BCUT2D eigenvalue weighted by molar-refractivity contribution is 5.79. The van der Waals surface area contributed by atoms with Gasteiger partial charge in [-0.3, -0.25) is 19.2 Å². The van der Waals surface area contributed by atoms with E-state index in [-0.39, 0.29) is 23.8 Å². The molecule has 1 atom stereocenters. The van der Waals surface area contributed by atoms with Gasteiger partial charge in [0.05, 0.1) is 43.7 Å². The van der Waals surface area contributed by atoms with E-state index in [2.05, 4.69) is 10.4 Å². The number of nitrogens with one attached hydrogen (secondary N) is 1. The molecule has 3 heterocycles. The van der Waals surface area contributed by atoms with E-state index < -0.39 is 0 Å². The lowest BCUT2D eigenvalue weighted by atomic mass is 9.84. The van der Waals surface area contributed by atoms with Gasteiger partial charge in [0.15, 0.2) is 0 Å². The van der Waals surface area contributed by atoms with Crippen LogP contribution in [0.4, 0.5) is 0 Å². The maximum absolute atomic E-state index is 12.4. The van der Waals surface area contributed by atoms with E-state index in [1.807, 2.05) is 20.5 Å². The second-order valence-electron chi connectivity index (χ2n) is 8.05. The molecule has 0 aromatic carbocycles. The zero-order chi connectivity index (χ0) is 18.8. The van der Waals surface area contributed by atoms with Crippen molar-refractivity contribution >= 4 is 11.8 Å². The van der Waals surface area contributed by atoms with Gasteiger partial charge in [-0.1, -0.05) is 6.42 Å². The Labute approximate surface area is 159 Å². The van der Waals surface area contributed by atoms with Crippen molar-refractivity contribution in [1.82, 2.24) is 24.9 Å². The third kappa shape index (κ3) is 4.32. The lowest BCUT2D eigenvalue weighted by Gasteiger charge is -2.34. The third-order valence-corrected chi connectivity index (χ3v) is 5.93. The Kier molecular flexibility index (Phi) is 5.45. The lowest BCUT2D eigenvalue weighted by molar-refractivity contribution is -0.139. The lowest BCUT2D eigenvalue weighted by Crippen LogP contribution is -2.44. The molecule has 1 aliphatic carbocycles. The van der Waals surface area contributed by atoms with Crippen LogP contribution in [0.15, 0.2) is 6.07 Å². The standard InChI is InChI=1S/C19H29N5O3/c25-17-5-2-6-22(12-17)13-18(26)20-10-15-9-16-11-23(7-8-24(16)21-15)19(27)14-3-1-4-14/h9,14,17,25H,1-8,10-13H2,(H,20,26). The summed E-state index contributed by atoms with van der Waals surface area (Å²) >= 11 is 0. The minimum Gasteiger partial charge on any atom is -0.392 e. The van der Waals surface area contributed by atoms with E-state index in [1.54, 1.807) is 0 Å². The summed E-state index contributed by atoms with van der Waals surface area (Å²) in [6, 6.07) is 1.99. The van der Waals surface area contributed by atoms with Crippen LogP contribution in [0.2, 0.25) is 0 Å². The predicted molar refractivity (Wildman–Crippen MR) is 98.5 cm³/mol. The molecule has 3 aliphatic rings. The van der Waals surface area contributed by atoms with Crippen LogP contribution in [0.5, 0.6) is 0 Å². The number of hydrogen-bond acceptors (Lipinski definition) is 5. The van der Waals surface area contributed by atoms with Gasteiger partial charge in [-0.05, 0) is 38.3 Å². The van der Waals surface area contributed by atoms with Gasteiger partial charge in [0.25, 0.3) is 0 Å². The Morgan fingerprint density at radius 1 is 1.19 bits per heavy atom. The zero-order valence-corrected chi connectivity index (χ0v) is 15.8. The summed E-state index contributed by atoms with van der Waals surface area (Å²) in [7, 11) is 0. The highest BCUT2D eigenvalue weighted by Gasteiger charge is 2.31. The van der Waals surface area contributed by atoms with Crippen molar-refractivity contribution in [2.75, 3.05) is 26.2 Å². The first kappa shape index (κ1) is 18.4. The van der Waals surface area contributed by atoms with E-state index in [1.165, 1.54) is 6.42 Å².